The predicted octanol–water partition coefficient (Wildman–Crippen LogP) is 0.908. The van der Waals surface area contributed by atoms with E-state index in [1.165, 1.54) is 21.8 Å². The van der Waals surface area contributed by atoms with Crippen molar-refractivity contribution >= 4 is 60.5 Å². The van der Waals surface area contributed by atoms with E-state index < -0.39 is 87.5 Å². The number of nitrogens with one attached hydrogen (secondary N) is 5. The van der Waals surface area contributed by atoms with E-state index >= 15 is 0 Å². The molecule has 2 aliphatic heterocycles. The van der Waals surface area contributed by atoms with Crippen molar-refractivity contribution in [2.24, 2.45) is 0 Å². The molecule has 26 nitrogen and oxygen atoms in total. The molecule has 6 aromatic rings. The van der Waals surface area contributed by atoms with Crippen LogP contribution >= 0.6 is 8.25 Å². The minimum atomic E-state index is -2.87. The topological polar surface area (TPSA) is 334 Å². The van der Waals surface area contributed by atoms with Gasteiger partial charge in [-0.05, 0) is 31.0 Å². The van der Waals surface area contributed by atoms with Gasteiger partial charge < -0.3 is 46.1 Å². The predicted molar refractivity (Wildman–Crippen MR) is 274 cm³/mol. The van der Waals surface area contributed by atoms with Gasteiger partial charge in [0.05, 0.1) is 63.1 Å². The second-order valence-electron chi connectivity index (χ2n) is 18.2. The third kappa shape index (κ3) is 13.8. The monoisotopic (exact) mass is 1080 g/mol. The number of imidazole rings is 1. The number of anilines is 1. The molecule has 1 fully saturated rings. The summed E-state index contributed by atoms with van der Waals surface area (Å²) in [5.74, 6) is -3.59. The van der Waals surface area contributed by atoms with E-state index in [4.69, 9.17) is 14.4 Å². The van der Waals surface area contributed by atoms with Crippen LogP contribution in [0.5, 0.6) is 0 Å². The van der Waals surface area contributed by atoms with E-state index in [0.717, 1.165) is 22.4 Å². The molecule has 0 saturated carbocycles. The highest BCUT2D eigenvalue weighted by molar-refractivity contribution is 7.32. The number of carbonyl (C=O) groups excluding carboxylic acids is 6. The van der Waals surface area contributed by atoms with E-state index in [1.54, 1.807) is 35.2 Å². The number of aromatic nitrogens is 7. The van der Waals surface area contributed by atoms with E-state index in [9.17, 15) is 43.2 Å². The number of benzene rings is 3. The zero-order valence-electron chi connectivity index (χ0n) is 41.9. The van der Waals surface area contributed by atoms with Crippen LogP contribution in [0, 0.1) is 0 Å². The highest BCUT2D eigenvalue weighted by atomic mass is 31.1. The number of para-hydroxylation sites is 1. The van der Waals surface area contributed by atoms with E-state index in [0.29, 0.717) is 16.9 Å². The van der Waals surface area contributed by atoms with Crippen LogP contribution in [0.2, 0.25) is 0 Å². The summed E-state index contributed by atoms with van der Waals surface area (Å²) in [7, 11) is -2.87. The third-order valence-electron chi connectivity index (χ3n) is 12.6. The molecule has 8 rings (SSSR count). The molecule has 3 unspecified atom stereocenters. The average molecular weight is 1080 g/mol. The molecule has 5 heterocycles. The standard InChI is InChI=1S/C50H56N13O13P/c1-30(2)63-47-34-14-8-9-15-36(34)61(25-32-12-6-7-13-33(32)45(47)58-59-63)43(69)17-16-39(65)51-22-40(66)52-24-42(68)57-35(20-31-10-4-3-5-11-31)49(70)53-23-41(67)56-29-74-19-18-60-27-55-48-46(50(60)71)54-28-62(48)44-21-37(64)38(76-44)26-75-77(72)73/h3-15,27-28,30,35,37-38,44,64H,16-26,29H2,1-2H3,(H5-,51,52,53,56,57,65,66,67,68,70,72,73)/p+1/t35-,37?,38+,44?/m0/s1. The van der Waals surface area contributed by atoms with Crippen LogP contribution in [0.4, 0.5) is 5.69 Å². The van der Waals surface area contributed by atoms with Crippen molar-refractivity contribution < 1.29 is 57.3 Å². The van der Waals surface area contributed by atoms with Gasteiger partial charge in [0, 0.05) is 47.4 Å². The number of aliphatic hydroxyl groups is 1. The summed E-state index contributed by atoms with van der Waals surface area (Å²) >= 11 is 0. The van der Waals surface area contributed by atoms with Gasteiger partial charge in [-0.2, -0.15) is 0 Å². The van der Waals surface area contributed by atoms with Gasteiger partial charge in [0.1, 0.15) is 43.7 Å². The molecule has 27 heteroatoms. The Bertz CT molecular complexity index is 3200. The molecule has 3 aromatic heterocycles. The summed E-state index contributed by atoms with van der Waals surface area (Å²) in [6.45, 7) is 2.14. The van der Waals surface area contributed by atoms with Crippen molar-refractivity contribution in [3.63, 3.8) is 0 Å². The minimum absolute atomic E-state index is 0.0220. The number of carbonyl (C=O) groups is 6. The van der Waals surface area contributed by atoms with Gasteiger partial charge in [-0.15, -0.1) is 14.5 Å². The van der Waals surface area contributed by atoms with Gasteiger partial charge in [0.2, 0.25) is 35.4 Å². The molecule has 0 radical (unpaired) electrons. The van der Waals surface area contributed by atoms with Gasteiger partial charge in [-0.3, -0.25) is 42.7 Å². The van der Waals surface area contributed by atoms with Gasteiger partial charge in [-0.1, -0.05) is 78.0 Å². The highest BCUT2D eigenvalue weighted by Gasteiger charge is 2.38. The minimum Gasteiger partial charge on any atom is -0.390 e. The van der Waals surface area contributed by atoms with Crippen molar-refractivity contribution in [3.8, 4) is 22.5 Å². The SMILES string of the molecule is CC(C)n1nnc2c1-c1ccccc1N(C(=O)CCC(=O)NCC(=O)NCC(=O)N[C@@H](Cc1ccccc1)C(=O)NCC(=O)NCOCCn1cnc3c(ncn3C3CC(O)[C@@H](CO[P+](=O)O)O3)c1=O)Cc1ccccc1-2. The summed E-state index contributed by atoms with van der Waals surface area (Å²) < 4.78 is 31.4. The van der Waals surface area contributed by atoms with Gasteiger partial charge in [-0.25, -0.2) is 14.6 Å². The lowest BCUT2D eigenvalue weighted by Crippen LogP contribution is -2.52. The lowest BCUT2D eigenvalue weighted by Gasteiger charge is -2.29. The van der Waals surface area contributed by atoms with Crippen LogP contribution in [0.25, 0.3) is 33.7 Å². The molecular formula is C50H57N13O13P+. The van der Waals surface area contributed by atoms with Crippen molar-refractivity contribution in [2.75, 3.05) is 44.5 Å². The number of hydrogen-bond donors (Lipinski definition) is 7. The van der Waals surface area contributed by atoms with Gasteiger partial charge in [0.15, 0.2) is 11.2 Å². The number of nitrogens with zero attached hydrogens (tertiary/aromatic N) is 8. The van der Waals surface area contributed by atoms with Crippen molar-refractivity contribution in [3.05, 3.63) is 113 Å². The first-order valence-electron chi connectivity index (χ1n) is 24.6. The summed E-state index contributed by atoms with van der Waals surface area (Å²) in [6.07, 6.45) is -0.242. The van der Waals surface area contributed by atoms with Crippen LogP contribution < -0.4 is 37.0 Å². The molecule has 5 atom stereocenters. The van der Waals surface area contributed by atoms with Crippen LogP contribution in [0.1, 0.15) is 56.5 Å². The van der Waals surface area contributed by atoms with Crippen LogP contribution in [0.3, 0.4) is 0 Å². The van der Waals surface area contributed by atoms with Gasteiger partial charge in [0.25, 0.3) is 5.56 Å². The molecule has 0 spiro atoms. The molecule has 77 heavy (non-hydrogen) atoms. The average Bonchev–Trinajstić information content (AvgIpc) is 4.18. The van der Waals surface area contributed by atoms with Crippen molar-refractivity contribution in [2.45, 2.75) is 83.1 Å². The normalized spacial score (nSPS) is 16.3. The maximum atomic E-state index is 14.0. The smallest absolute Gasteiger partial charge is 0.390 e. The second-order valence-corrected chi connectivity index (χ2v) is 19.0. The Labute approximate surface area is 440 Å². The molecule has 0 bridgehead atoms. The van der Waals surface area contributed by atoms with E-state index in [2.05, 4.69) is 51.4 Å². The maximum absolute atomic E-state index is 14.0. The molecule has 2 aliphatic rings. The number of fused-ring (bicyclic) bond motifs is 6. The molecule has 7 N–H and O–H groups in total. The quantitative estimate of drug-likeness (QED) is 0.0266. The first kappa shape index (κ1) is 55.1. The fraction of sp³-hybridized carbons (Fsp3) is 0.380. The first-order chi connectivity index (χ1) is 37.1. The van der Waals surface area contributed by atoms with Gasteiger partial charge >= 0.3 is 8.25 Å². The lowest BCUT2D eigenvalue weighted by molar-refractivity contribution is -0.131. The second kappa shape index (κ2) is 25.6. The summed E-state index contributed by atoms with van der Waals surface area (Å²) in [5, 5.41) is 31.8. The van der Waals surface area contributed by atoms with Crippen LogP contribution in [-0.4, -0.2) is 137 Å². The third-order valence-corrected chi connectivity index (χ3v) is 13.0. The molecule has 6 amide bonds. The number of hydrogen-bond acceptors (Lipinski definition) is 16. The summed E-state index contributed by atoms with van der Waals surface area (Å²) in [5.41, 5.74) is 5.02. The first-order valence-corrected chi connectivity index (χ1v) is 25.7. The maximum Gasteiger partial charge on any atom is 0.694 e. The Morgan fingerprint density at radius 2 is 1.53 bits per heavy atom. The Morgan fingerprint density at radius 3 is 2.31 bits per heavy atom. The number of aliphatic hydroxyl groups excluding tert-OH is 1. The highest BCUT2D eigenvalue weighted by Crippen LogP contribution is 2.42. The largest absolute Gasteiger partial charge is 0.694 e. The van der Waals surface area contributed by atoms with Crippen LogP contribution in [0.15, 0.2) is 96.3 Å². The fourth-order valence-electron chi connectivity index (χ4n) is 8.74. The van der Waals surface area contributed by atoms with Crippen molar-refractivity contribution in [1.82, 2.24) is 60.7 Å². The Hall–Kier alpha value is -8.13. The number of amides is 6. The molecule has 404 valence electrons. The Morgan fingerprint density at radius 1 is 0.831 bits per heavy atom. The van der Waals surface area contributed by atoms with E-state index in [1.807, 2.05) is 67.1 Å². The Kier molecular flexibility index (Phi) is 18.3. The molecule has 0 aliphatic carbocycles. The van der Waals surface area contributed by atoms with E-state index in [-0.39, 0.29) is 81.8 Å². The fourth-order valence-corrected chi connectivity index (χ4v) is 9.02. The zero-order valence-corrected chi connectivity index (χ0v) is 42.8. The summed E-state index contributed by atoms with van der Waals surface area (Å²) in [4.78, 5) is 111. The molecule has 3 aromatic carbocycles. The van der Waals surface area contributed by atoms with Crippen molar-refractivity contribution in [1.29, 1.82) is 0 Å². The number of rotatable bonds is 23. The Balaban J connectivity index is 0.758. The zero-order chi connectivity index (χ0) is 54.6. The molecule has 1 saturated heterocycles. The molecular weight excluding hydrogens is 1020 g/mol. The lowest BCUT2D eigenvalue weighted by atomic mass is 9.95. The van der Waals surface area contributed by atoms with Crippen LogP contribution in [-0.2, 0) is 66.8 Å². The summed E-state index contributed by atoms with van der Waals surface area (Å²) in [6, 6.07) is 22.8. The number of ether oxygens (including phenoxy) is 2.